The van der Waals surface area contributed by atoms with E-state index in [0.29, 0.717) is 0 Å². The Morgan fingerprint density at radius 2 is 1.80 bits per heavy atom. The highest BCUT2D eigenvalue weighted by Crippen LogP contribution is 2.21. The summed E-state index contributed by atoms with van der Waals surface area (Å²) < 4.78 is 0. The van der Waals surface area contributed by atoms with E-state index in [1.165, 1.54) is 44.9 Å². The van der Waals surface area contributed by atoms with E-state index in [1.807, 2.05) is 7.05 Å². The molecule has 0 spiro atoms. The van der Waals surface area contributed by atoms with Crippen LogP contribution >= 0.6 is 24.0 Å². The third kappa shape index (κ3) is 8.29. The maximum Gasteiger partial charge on any atom is 0.191 e. The molecule has 0 aliphatic heterocycles. The summed E-state index contributed by atoms with van der Waals surface area (Å²) in [6.45, 7) is 5.28. The van der Waals surface area contributed by atoms with Gasteiger partial charge in [0.2, 0.25) is 0 Å². The van der Waals surface area contributed by atoms with E-state index >= 15 is 0 Å². The number of hydrogen-bond acceptors (Lipinski definition) is 2. The molecule has 0 amide bonds. The van der Waals surface area contributed by atoms with Crippen molar-refractivity contribution in [1.29, 1.82) is 0 Å². The minimum Gasteiger partial charge on any atom is -0.356 e. The Labute approximate surface area is 142 Å². The number of hydrogen-bond donors (Lipinski definition) is 2. The molecule has 0 saturated heterocycles. The lowest BCUT2D eigenvalue weighted by atomic mass is 9.94. The summed E-state index contributed by atoms with van der Waals surface area (Å²) in [6.07, 6.45) is 9.40. The van der Waals surface area contributed by atoms with Crippen LogP contribution in [0, 0.1) is 0 Å². The maximum absolute atomic E-state index is 4.25. The molecule has 0 heterocycles. The monoisotopic (exact) mass is 396 g/mol. The Hall–Kier alpha value is -0.0400. The number of aliphatic imine (C=N–C) groups is 1. The Morgan fingerprint density at radius 1 is 1.15 bits per heavy atom. The molecule has 20 heavy (non-hydrogen) atoms. The molecule has 0 radical (unpaired) electrons. The van der Waals surface area contributed by atoms with Crippen LogP contribution in [-0.4, -0.2) is 50.6 Å². The van der Waals surface area contributed by atoms with Crippen molar-refractivity contribution >= 4 is 29.9 Å². The Balaban J connectivity index is 0.00000361. The van der Waals surface area contributed by atoms with Crippen molar-refractivity contribution in [2.75, 3.05) is 33.7 Å². The van der Waals surface area contributed by atoms with Crippen LogP contribution in [0.2, 0.25) is 0 Å². The molecular formula is C15H33IN4. The molecule has 5 heteroatoms. The zero-order chi connectivity index (χ0) is 13.9. The van der Waals surface area contributed by atoms with E-state index in [9.17, 15) is 0 Å². The summed E-state index contributed by atoms with van der Waals surface area (Å²) in [5, 5.41) is 6.74. The van der Waals surface area contributed by atoms with Gasteiger partial charge in [0.05, 0.1) is 0 Å². The van der Waals surface area contributed by atoms with Crippen LogP contribution in [0.25, 0.3) is 0 Å². The van der Waals surface area contributed by atoms with E-state index in [2.05, 4.69) is 34.5 Å². The number of guanidine groups is 1. The molecule has 1 rings (SSSR count). The van der Waals surface area contributed by atoms with Crippen molar-refractivity contribution in [3.8, 4) is 0 Å². The molecule has 0 atom stereocenters. The van der Waals surface area contributed by atoms with Gasteiger partial charge < -0.3 is 15.5 Å². The van der Waals surface area contributed by atoms with Crippen molar-refractivity contribution < 1.29 is 0 Å². The van der Waals surface area contributed by atoms with E-state index in [1.54, 1.807) is 0 Å². The number of nitrogens with zero attached hydrogens (tertiary/aromatic N) is 2. The van der Waals surface area contributed by atoms with Gasteiger partial charge in [-0.1, -0.05) is 32.6 Å². The van der Waals surface area contributed by atoms with Gasteiger partial charge in [-0.15, -0.1) is 24.0 Å². The SMILES string of the molecule is CCCCNC(=NC)NCCN(C)C1CCCCC1.I. The van der Waals surface area contributed by atoms with Crippen LogP contribution in [-0.2, 0) is 0 Å². The van der Waals surface area contributed by atoms with Crippen molar-refractivity contribution in [1.82, 2.24) is 15.5 Å². The number of halogens is 1. The van der Waals surface area contributed by atoms with Crippen LogP contribution < -0.4 is 10.6 Å². The van der Waals surface area contributed by atoms with Crippen LogP contribution in [0.1, 0.15) is 51.9 Å². The predicted octanol–water partition coefficient (Wildman–Crippen LogP) is 2.83. The molecule has 0 unspecified atom stereocenters. The lowest BCUT2D eigenvalue weighted by Gasteiger charge is -2.31. The molecule has 4 nitrogen and oxygen atoms in total. The molecule has 1 aliphatic carbocycles. The summed E-state index contributed by atoms with van der Waals surface area (Å²) in [7, 11) is 4.09. The fourth-order valence-corrected chi connectivity index (χ4v) is 2.66. The van der Waals surface area contributed by atoms with Gasteiger partial charge in [-0.05, 0) is 26.3 Å². The van der Waals surface area contributed by atoms with Crippen molar-refractivity contribution in [2.24, 2.45) is 4.99 Å². The standard InChI is InChI=1S/C15H32N4.HI/c1-4-5-11-17-15(16-2)18-12-13-19(3)14-9-7-6-8-10-14;/h14H,4-13H2,1-3H3,(H2,16,17,18);1H. The number of unbranched alkanes of at least 4 members (excludes halogenated alkanes) is 1. The van der Waals surface area contributed by atoms with E-state index < -0.39 is 0 Å². The molecule has 120 valence electrons. The summed E-state index contributed by atoms with van der Waals surface area (Å²) in [6, 6.07) is 0.797. The van der Waals surface area contributed by atoms with Gasteiger partial charge >= 0.3 is 0 Å². The fraction of sp³-hybridized carbons (Fsp3) is 0.933. The second kappa shape index (κ2) is 12.7. The summed E-state index contributed by atoms with van der Waals surface area (Å²) in [5.74, 6) is 0.936. The molecule has 1 fully saturated rings. The third-order valence-electron chi connectivity index (χ3n) is 4.00. The minimum absolute atomic E-state index is 0. The molecular weight excluding hydrogens is 363 g/mol. The molecule has 2 N–H and O–H groups in total. The predicted molar refractivity (Wildman–Crippen MR) is 99.2 cm³/mol. The van der Waals surface area contributed by atoms with Crippen LogP contribution in [0.3, 0.4) is 0 Å². The van der Waals surface area contributed by atoms with Gasteiger partial charge in [-0.25, -0.2) is 0 Å². The van der Waals surface area contributed by atoms with E-state index in [0.717, 1.165) is 31.6 Å². The highest BCUT2D eigenvalue weighted by Gasteiger charge is 2.17. The summed E-state index contributed by atoms with van der Waals surface area (Å²) >= 11 is 0. The van der Waals surface area contributed by atoms with Gasteiger partial charge in [0.1, 0.15) is 0 Å². The lowest BCUT2D eigenvalue weighted by molar-refractivity contribution is 0.194. The van der Waals surface area contributed by atoms with Crippen LogP contribution in [0.4, 0.5) is 0 Å². The smallest absolute Gasteiger partial charge is 0.191 e. The normalized spacial score (nSPS) is 16.9. The minimum atomic E-state index is 0. The van der Waals surface area contributed by atoms with Gasteiger partial charge in [-0.3, -0.25) is 4.99 Å². The van der Waals surface area contributed by atoms with Crippen molar-refractivity contribution in [3.63, 3.8) is 0 Å². The first kappa shape index (κ1) is 20.0. The van der Waals surface area contributed by atoms with E-state index in [-0.39, 0.29) is 24.0 Å². The van der Waals surface area contributed by atoms with Gasteiger partial charge in [0.25, 0.3) is 0 Å². The quantitative estimate of drug-likeness (QED) is 0.301. The Bertz CT molecular complexity index is 252. The second-order valence-electron chi connectivity index (χ2n) is 5.55. The molecule has 0 bridgehead atoms. The average molecular weight is 396 g/mol. The summed E-state index contributed by atoms with van der Waals surface area (Å²) in [5.41, 5.74) is 0. The number of nitrogens with one attached hydrogen (secondary N) is 2. The van der Waals surface area contributed by atoms with Crippen molar-refractivity contribution in [2.45, 2.75) is 57.9 Å². The zero-order valence-corrected chi connectivity index (χ0v) is 15.8. The zero-order valence-electron chi connectivity index (χ0n) is 13.5. The Kier molecular flexibility index (Phi) is 12.7. The van der Waals surface area contributed by atoms with Crippen molar-refractivity contribution in [3.05, 3.63) is 0 Å². The number of rotatable bonds is 7. The molecule has 0 aromatic heterocycles. The summed E-state index contributed by atoms with van der Waals surface area (Å²) in [4.78, 5) is 6.75. The lowest BCUT2D eigenvalue weighted by Crippen LogP contribution is -2.43. The highest BCUT2D eigenvalue weighted by atomic mass is 127. The molecule has 1 saturated carbocycles. The first-order chi connectivity index (χ1) is 9.27. The van der Waals surface area contributed by atoms with E-state index in [4.69, 9.17) is 0 Å². The average Bonchev–Trinajstić information content (AvgIpc) is 2.46. The highest BCUT2D eigenvalue weighted by molar-refractivity contribution is 14.0. The van der Waals surface area contributed by atoms with Gasteiger partial charge in [-0.2, -0.15) is 0 Å². The first-order valence-corrected chi connectivity index (χ1v) is 7.92. The largest absolute Gasteiger partial charge is 0.356 e. The van der Waals surface area contributed by atoms with Gasteiger partial charge in [0.15, 0.2) is 5.96 Å². The Morgan fingerprint density at radius 3 is 2.40 bits per heavy atom. The fourth-order valence-electron chi connectivity index (χ4n) is 2.66. The number of likely N-dealkylation sites (N-methyl/N-ethyl adjacent to an activating group) is 1. The topological polar surface area (TPSA) is 39.7 Å². The second-order valence-corrected chi connectivity index (χ2v) is 5.55. The molecule has 0 aromatic rings. The molecule has 0 aromatic carbocycles. The molecule has 1 aliphatic rings. The first-order valence-electron chi connectivity index (χ1n) is 7.92. The van der Waals surface area contributed by atoms with Gasteiger partial charge in [0, 0.05) is 32.7 Å². The maximum atomic E-state index is 4.25. The van der Waals surface area contributed by atoms with Crippen LogP contribution in [0.5, 0.6) is 0 Å². The third-order valence-corrected chi connectivity index (χ3v) is 4.00. The van der Waals surface area contributed by atoms with Crippen LogP contribution in [0.15, 0.2) is 4.99 Å².